The van der Waals surface area contributed by atoms with E-state index < -0.39 is 36.9 Å². The molecule has 1 N–H and O–H groups in total. The lowest BCUT2D eigenvalue weighted by molar-refractivity contribution is -0.165. The highest BCUT2D eigenvalue weighted by Crippen LogP contribution is 2.35. The molecule has 146 valence electrons. The van der Waals surface area contributed by atoms with Crippen LogP contribution in [-0.2, 0) is 29.1 Å². The molecule has 3 rings (SSSR count). The van der Waals surface area contributed by atoms with Gasteiger partial charge in [-0.2, -0.15) is 18.3 Å². The first kappa shape index (κ1) is 19.5. The van der Waals surface area contributed by atoms with Crippen molar-refractivity contribution in [2.45, 2.75) is 39.0 Å². The van der Waals surface area contributed by atoms with Gasteiger partial charge in [0.2, 0.25) is 5.91 Å². The third-order valence-corrected chi connectivity index (χ3v) is 4.93. The van der Waals surface area contributed by atoms with E-state index in [0.29, 0.717) is 38.5 Å². The number of aromatic nitrogens is 2. The third-order valence-electron chi connectivity index (χ3n) is 4.65. The zero-order chi connectivity index (χ0) is 19.9. The average Bonchev–Trinajstić information content (AvgIpc) is 2.94. The number of halogens is 4. The minimum absolute atomic E-state index is 0.0157. The lowest BCUT2D eigenvalue weighted by Crippen LogP contribution is -2.41. The Morgan fingerprint density at radius 2 is 2.15 bits per heavy atom. The van der Waals surface area contributed by atoms with Crippen LogP contribution < -0.4 is 0 Å². The Labute approximate surface area is 157 Å². The molecule has 1 aromatic heterocycles. The summed E-state index contributed by atoms with van der Waals surface area (Å²) in [5.41, 5.74) is 1.70. The van der Waals surface area contributed by atoms with E-state index in [0.717, 1.165) is 0 Å². The SMILES string of the molecule is CCn1ncc2c3c(cc(Cl)c21)C[C@@H](CC(=O)O)C(=O)N(CC(F)(F)F)C3. The van der Waals surface area contributed by atoms with Crippen molar-refractivity contribution in [3.8, 4) is 0 Å². The molecule has 27 heavy (non-hydrogen) atoms. The summed E-state index contributed by atoms with van der Waals surface area (Å²) in [7, 11) is 0. The maximum absolute atomic E-state index is 13.0. The highest BCUT2D eigenvalue weighted by molar-refractivity contribution is 6.35. The Balaban J connectivity index is 2.15. The van der Waals surface area contributed by atoms with Crippen LogP contribution in [0.3, 0.4) is 0 Å². The van der Waals surface area contributed by atoms with Crippen molar-refractivity contribution in [3.05, 3.63) is 28.4 Å². The Kier molecular flexibility index (Phi) is 5.07. The Morgan fingerprint density at radius 1 is 1.44 bits per heavy atom. The van der Waals surface area contributed by atoms with Gasteiger partial charge in [-0.15, -0.1) is 0 Å². The lowest BCUT2D eigenvalue weighted by atomic mass is 9.93. The number of rotatable bonds is 4. The van der Waals surface area contributed by atoms with Gasteiger partial charge in [0, 0.05) is 18.5 Å². The summed E-state index contributed by atoms with van der Waals surface area (Å²) in [4.78, 5) is 24.4. The molecule has 1 aliphatic heterocycles. The molecule has 0 aliphatic carbocycles. The number of carboxylic acids is 1. The van der Waals surface area contributed by atoms with E-state index in [1.54, 1.807) is 10.7 Å². The fraction of sp³-hybridized carbons (Fsp3) is 0.471. The zero-order valence-electron chi connectivity index (χ0n) is 14.4. The van der Waals surface area contributed by atoms with Crippen LogP contribution in [0.2, 0.25) is 5.02 Å². The third kappa shape index (κ3) is 3.87. The van der Waals surface area contributed by atoms with Crippen LogP contribution in [0, 0.1) is 5.92 Å². The second-order valence-corrected chi connectivity index (χ2v) is 6.93. The molecule has 1 amide bonds. The van der Waals surface area contributed by atoms with Crippen LogP contribution in [0.25, 0.3) is 10.9 Å². The van der Waals surface area contributed by atoms with Gasteiger partial charge in [-0.05, 0) is 30.5 Å². The van der Waals surface area contributed by atoms with Crippen molar-refractivity contribution < 1.29 is 27.9 Å². The molecule has 6 nitrogen and oxygen atoms in total. The summed E-state index contributed by atoms with van der Waals surface area (Å²) in [6, 6.07) is 1.60. The molecule has 2 heterocycles. The fourth-order valence-corrected chi connectivity index (χ4v) is 3.88. The van der Waals surface area contributed by atoms with Crippen LogP contribution in [0.1, 0.15) is 24.5 Å². The van der Waals surface area contributed by atoms with Crippen molar-refractivity contribution in [1.29, 1.82) is 0 Å². The van der Waals surface area contributed by atoms with Gasteiger partial charge in [0.05, 0.1) is 29.1 Å². The minimum Gasteiger partial charge on any atom is -0.481 e. The number of aryl methyl sites for hydroxylation is 1. The van der Waals surface area contributed by atoms with Crippen molar-refractivity contribution in [2.24, 2.45) is 5.92 Å². The first-order valence-corrected chi connectivity index (χ1v) is 8.71. The molecule has 1 aromatic carbocycles. The van der Waals surface area contributed by atoms with Gasteiger partial charge >= 0.3 is 12.1 Å². The van der Waals surface area contributed by atoms with E-state index in [-0.39, 0.29) is 13.0 Å². The number of hydrogen-bond acceptors (Lipinski definition) is 3. The highest BCUT2D eigenvalue weighted by Gasteiger charge is 2.39. The van der Waals surface area contributed by atoms with Crippen molar-refractivity contribution >= 4 is 34.4 Å². The fourth-order valence-electron chi connectivity index (χ4n) is 3.55. The largest absolute Gasteiger partial charge is 0.481 e. The molecule has 0 unspecified atom stereocenters. The Bertz CT molecular complexity index is 910. The van der Waals surface area contributed by atoms with Crippen molar-refractivity contribution in [3.63, 3.8) is 0 Å². The summed E-state index contributed by atoms with van der Waals surface area (Å²) in [6.07, 6.45) is -3.59. The van der Waals surface area contributed by atoms with Crippen LogP contribution in [-0.4, -0.2) is 44.4 Å². The molecule has 0 saturated heterocycles. The van der Waals surface area contributed by atoms with Crippen LogP contribution >= 0.6 is 11.6 Å². The number of fused-ring (bicyclic) bond motifs is 3. The average molecular weight is 404 g/mol. The van der Waals surface area contributed by atoms with E-state index in [1.807, 2.05) is 6.92 Å². The van der Waals surface area contributed by atoms with E-state index in [2.05, 4.69) is 5.10 Å². The molecule has 2 aromatic rings. The summed E-state index contributed by atoms with van der Waals surface area (Å²) >= 11 is 6.35. The van der Waals surface area contributed by atoms with Crippen LogP contribution in [0.5, 0.6) is 0 Å². The normalized spacial score (nSPS) is 17.9. The maximum atomic E-state index is 13.0. The quantitative estimate of drug-likeness (QED) is 0.850. The predicted molar refractivity (Wildman–Crippen MR) is 91.3 cm³/mol. The zero-order valence-corrected chi connectivity index (χ0v) is 15.1. The minimum atomic E-state index is -4.59. The number of benzene rings is 1. The van der Waals surface area contributed by atoms with Gasteiger partial charge in [0.25, 0.3) is 0 Å². The number of amides is 1. The molecular weight excluding hydrogens is 387 g/mol. The van der Waals surface area contributed by atoms with Crippen molar-refractivity contribution in [2.75, 3.05) is 6.54 Å². The van der Waals surface area contributed by atoms with Crippen molar-refractivity contribution in [1.82, 2.24) is 14.7 Å². The summed E-state index contributed by atoms with van der Waals surface area (Å²) < 4.78 is 40.6. The summed E-state index contributed by atoms with van der Waals surface area (Å²) in [6.45, 7) is 0.673. The number of hydrogen-bond donors (Lipinski definition) is 1. The van der Waals surface area contributed by atoms with Crippen LogP contribution in [0.4, 0.5) is 13.2 Å². The van der Waals surface area contributed by atoms with E-state index in [1.165, 1.54) is 6.20 Å². The number of carbonyl (C=O) groups excluding carboxylic acids is 1. The lowest BCUT2D eigenvalue weighted by Gasteiger charge is -2.25. The number of carboxylic acid groups (broad SMARTS) is 1. The summed E-state index contributed by atoms with van der Waals surface area (Å²) in [5.74, 6) is -3.14. The topological polar surface area (TPSA) is 75.4 Å². The molecule has 0 saturated carbocycles. The maximum Gasteiger partial charge on any atom is 0.406 e. The van der Waals surface area contributed by atoms with Gasteiger partial charge in [0.15, 0.2) is 0 Å². The first-order chi connectivity index (χ1) is 12.6. The van der Waals surface area contributed by atoms with Gasteiger partial charge in [0.1, 0.15) is 6.54 Å². The molecular formula is C17H17ClF3N3O3. The molecule has 0 fully saturated rings. The molecule has 1 atom stereocenters. The number of aliphatic carboxylic acids is 1. The molecule has 0 bridgehead atoms. The van der Waals surface area contributed by atoms with Crippen LogP contribution in [0.15, 0.2) is 12.3 Å². The van der Waals surface area contributed by atoms with Gasteiger partial charge in [-0.25, -0.2) is 0 Å². The monoisotopic (exact) mass is 403 g/mol. The molecule has 0 radical (unpaired) electrons. The predicted octanol–water partition coefficient (Wildman–Crippen LogP) is 3.25. The van der Waals surface area contributed by atoms with Gasteiger partial charge in [-0.1, -0.05) is 11.6 Å². The Morgan fingerprint density at radius 3 is 2.74 bits per heavy atom. The number of nitrogens with zero attached hydrogens (tertiary/aromatic N) is 3. The van der Waals surface area contributed by atoms with E-state index >= 15 is 0 Å². The van der Waals surface area contributed by atoms with Gasteiger partial charge in [-0.3, -0.25) is 14.3 Å². The molecule has 10 heteroatoms. The molecule has 0 spiro atoms. The second kappa shape index (κ2) is 7.03. The van der Waals surface area contributed by atoms with E-state index in [4.69, 9.17) is 16.7 Å². The second-order valence-electron chi connectivity index (χ2n) is 6.53. The smallest absolute Gasteiger partial charge is 0.406 e. The number of carbonyl (C=O) groups is 2. The molecule has 1 aliphatic rings. The first-order valence-electron chi connectivity index (χ1n) is 8.33. The standard InChI is InChI=1S/C17H17ClF3N3O3/c1-2-24-15-11(6-22-24)12-7-23(8-17(19,20)21)16(27)10(5-14(25)26)3-9(12)4-13(15)18/h4,6,10H,2-3,5,7-8H2,1H3,(H,25,26)/t10-/m0/s1. The number of alkyl halides is 3. The van der Waals surface area contributed by atoms with Gasteiger partial charge < -0.3 is 10.0 Å². The highest BCUT2D eigenvalue weighted by atomic mass is 35.5. The summed E-state index contributed by atoms with van der Waals surface area (Å²) in [5, 5.41) is 14.2. The Hall–Kier alpha value is -2.29. The van der Waals surface area contributed by atoms with E-state index in [9.17, 15) is 22.8 Å².